The summed E-state index contributed by atoms with van der Waals surface area (Å²) in [6.45, 7) is 1.84. The summed E-state index contributed by atoms with van der Waals surface area (Å²) in [5, 5.41) is 2.70. The van der Waals surface area contributed by atoms with E-state index in [2.05, 4.69) is 5.32 Å². The minimum atomic E-state index is -0.694. The molecule has 8 heteroatoms. The van der Waals surface area contributed by atoms with E-state index in [-0.39, 0.29) is 42.1 Å². The third-order valence-electron chi connectivity index (χ3n) is 6.51. The number of hydrogen-bond acceptors (Lipinski definition) is 4. The molecule has 3 aliphatic rings. The number of piperidine rings is 1. The van der Waals surface area contributed by atoms with E-state index >= 15 is 0 Å². The fraction of sp³-hybridized carbons (Fsp3) is 0.391. The van der Waals surface area contributed by atoms with Gasteiger partial charge in [-0.1, -0.05) is 24.3 Å². The number of carbonyl (C=O) groups is 3. The second-order valence-electron chi connectivity index (χ2n) is 8.55. The molecule has 4 amide bonds. The van der Waals surface area contributed by atoms with E-state index in [0.717, 1.165) is 17.0 Å². The number of imide groups is 1. The van der Waals surface area contributed by atoms with Crippen LogP contribution in [0.25, 0.3) is 0 Å². The minimum Gasteiger partial charge on any atom is -0.342 e. The molecule has 0 saturated carbocycles. The molecular weight excluding hydrogens is 396 g/mol. The highest BCUT2D eigenvalue weighted by Crippen LogP contribution is 2.35. The molecule has 2 bridgehead atoms. The number of fused-ring (bicyclic) bond motifs is 4. The number of para-hydroxylation sites is 1. The molecule has 0 aliphatic carbocycles. The van der Waals surface area contributed by atoms with E-state index in [1.165, 1.54) is 0 Å². The predicted octanol–water partition coefficient (Wildman–Crippen LogP) is 1.70. The summed E-state index contributed by atoms with van der Waals surface area (Å²) in [6, 6.07) is 13.0. The molecule has 0 radical (unpaired) electrons. The monoisotopic (exact) mass is 420 g/mol. The van der Waals surface area contributed by atoms with Gasteiger partial charge in [-0.05, 0) is 37.0 Å². The lowest BCUT2D eigenvalue weighted by Gasteiger charge is -2.42. The molecule has 160 valence electrons. The number of nitrogens with zero attached hydrogens (tertiary/aromatic N) is 3. The van der Waals surface area contributed by atoms with Crippen LogP contribution < -0.4 is 15.8 Å². The first-order chi connectivity index (χ1) is 15.0. The molecule has 8 nitrogen and oxygen atoms in total. The Morgan fingerprint density at radius 2 is 1.77 bits per heavy atom. The van der Waals surface area contributed by atoms with Crippen LogP contribution in [0.4, 0.5) is 10.5 Å². The number of anilines is 1. The molecule has 31 heavy (non-hydrogen) atoms. The molecule has 1 aromatic carbocycles. The lowest BCUT2D eigenvalue weighted by atomic mass is 9.83. The Hall–Kier alpha value is -3.42. The number of hydrogen-bond donors (Lipinski definition) is 1. The number of likely N-dealkylation sites (tertiary alicyclic amines) is 1. The lowest BCUT2D eigenvalue weighted by molar-refractivity contribution is -0.134. The summed E-state index contributed by atoms with van der Waals surface area (Å²) in [5.74, 6) is 0.0814. The van der Waals surface area contributed by atoms with Crippen molar-refractivity contribution in [2.24, 2.45) is 5.92 Å². The summed E-state index contributed by atoms with van der Waals surface area (Å²) in [5.41, 5.74) is 1.54. The average molecular weight is 420 g/mol. The zero-order valence-electron chi connectivity index (χ0n) is 17.1. The summed E-state index contributed by atoms with van der Waals surface area (Å²) < 4.78 is 1.84. The lowest BCUT2D eigenvalue weighted by Crippen LogP contribution is -2.49. The van der Waals surface area contributed by atoms with Crippen molar-refractivity contribution < 1.29 is 14.4 Å². The van der Waals surface area contributed by atoms with E-state index in [0.29, 0.717) is 25.3 Å². The van der Waals surface area contributed by atoms with Gasteiger partial charge in [-0.3, -0.25) is 14.4 Å². The van der Waals surface area contributed by atoms with Crippen LogP contribution in [0.1, 0.15) is 30.9 Å². The van der Waals surface area contributed by atoms with E-state index in [1.807, 2.05) is 21.6 Å². The first-order valence-electron chi connectivity index (χ1n) is 10.7. The molecule has 3 atom stereocenters. The fourth-order valence-electron chi connectivity index (χ4n) is 5.07. The number of carbonyl (C=O) groups excluding carboxylic acids is 3. The van der Waals surface area contributed by atoms with Gasteiger partial charge < -0.3 is 14.8 Å². The van der Waals surface area contributed by atoms with Crippen molar-refractivity contribution in [3.8, 4) is 0 Å². The van der Waals surface area contributed by atoms with Crippen molar-refractivity contribution in [3.63, 3.8) is 0 Å². The standard InChI is InChI=1S/C23H24N4O4/c28-20(10-9-18-22(30)27(23(31)24-18)17-5-2-1-3-6-17)25-12-15-11-16(14-25)19-7-4-8-21(29)26(19)13-15/h1-8,15-16,18H,9-14H2,(H,24,31)/t15-,16+,18-/m1/s1. The summed E-state index contributed by atoms with van der Waals surface area (Å²) >= 11 is 0. The zero-order valence-corrected chi connectivity index (χ0v) is 17.1. The summed E-state index contributed by atoms with van der Waals surface area (Å²) in [6.07, 6.45) is 1.45. The van der Waals surface area contributed by atoms with Crippen molar-refractivity contribution >= 4 is 23.5 Å². The van der Waals surface area contributed by atoms with Gasteiger partial charge in [0.05, 0.1) is 5.69 Å². The molecule has 0 unspecified atom stereocenters. The molecule has 1 N–H and O–H groups in total. The van der Waals surface area contributed by atoms with Crippen LogP contribution in [0.2, 0.25) is 0 Å². The van der Waals surface area contributed by atoms with Crippen molar-refractivity contribution in [3.05, 3.63) is 64.6 Å². The SMILES string of the molecule is O=C(CC[C@H]1NC(=O)N(c2ccccc2)C1=O)N1C[C@H]2C[C@@H](C1)c1cccc(=O)n1C2. The smallest absolute Gasteiger partial charge is 0.329 e. The Bertz CT molecular complexity index is 1100. The van der Waals surface area contributed by atoms with Crippen LogP contribution in [0.15, 0.2) is 53.3 Å². The highest BCUT2D eigenvalue weighted by molar-refractivity contribution is 6.21. The van der Waals surface area contributed by atoms with Crippen molar-refractivity contribution in [1.82, 2.24) is 14.8 Å². The maximum Gasteiger partial charge on any atom is 0.329 e. The Balaban J connectivity index is 1.22. The highest BCUT2D eigenvalue weighted by Gasteiger charge is 2.40. The van der Waals surface area contributed by atoms with Gasteiger partial charge in [0.15, 0.2) is 0 Å². The quantitative estimate of drug-likeness (QED) is 0.762. The first-order valence-corrected chi connectivity index (χ1v) is 10.7. The Labute approximate surface area is 179 Å². The molecule has 5 rings (SSSR count). The topological polar surface area (TPSA) is 91.7 Å². The van der Waals surface area contributed by atoms with Crippen LogP contribution >= 0.6 is 0 Å². The highest BCUT2D eigenvalue weighted by atomic mass is 16.2. The number of pyridine rings is 1. The number of rotatable bonds is 4. The van der Waals surface area contributed by atoms with Crippen LogP contribution in [0.5, 0.6) is 0 Å². The number of aromatic nitrogens is 1. The van der Waals surface area contributed by atoms with Gasteiger partial charge in [-0.25, -0.2) is 9.69 Å². The maximum absolute atomic E-state index is 12.9. The number of benzene rings is 1. The average Bonchev–Trinajstić information content (AvgIpc) is 3.06. The fourth-order valence-corrected chi connectivity index (χ4v) is 5.07. The third kappa shape index (κ3) is 3.52. The molecular formula is C23H24N4O4. The van der Waals surface area contributed by atoms with Crippen molar-refractivity contribution in [2.45, 2.75) is 37.8 Å². The van der Waals surface area contributed by atoms with Gasteiger partial charge in [0.1, 0.15) is 6.04 Å². The molecule has 2 aromatic rings. The van der Waals surface area contributed by atoms with E-state index in [9.17, 15) is 19.2 Å². The zero-order chi connectivity index (χ0) is 21.5. The summed E-state index contributed by atoms with van der Waals surface area (Å²) in [7, 11) is 0. The second-order valence-corrected chi connectivity index (χ2v) is 8.55. The normalized spacial score (nSPS) is 24.7. The Morgan fingerprint density at radius 3 is 2.58 bits per heavy atom. The molecule has 3 aliphatic heterocycles. The van der Waals surface area contributed by atoms with Gasteiger partial charge in [0.25, 0.3) is 11.5 Å². The molecule has 2 fully saturated rings. The Morgan fingerprint density at radius 1 is 0.968 bits per heavy atom. The van der Waals surface area contributed by atoms with Gasteiger partial charge in [0.2, 0.25) is 5.91 Å². The molecule has 2 saturated heterocycles. The van der Waals surface area contributed by atoms with Crippen LogP contribution in [0, 0.1) is 5.92 Å². The minimum absolute atomic E-state index is 0.0124. The third-order valence-corrected chi connectivity index (χ3v) is 6.51. The van der Waals surface area contributed by atoms with Gasteiger partial charge in [-0.2, -0.15) is 0 Å². The molecule has 4 heterocycles. The van der Waals surface area contributed by atoms with Gasteiger partial charge in [-0.15, -0.1) is 0 Å². The van der Waals surface area contributed by atoms with Crippen molar-refractivity contribution in [1.29, 1.82) is 0 Å². The van der Waals surface area contributed by atoms with Crippen LogP contribution in [-0.2, 0) is 16.1 Å². The maximum atomic E-state index is 12.9. The Kier molecular flexibility index (Phi) is 4.84. The second kappa shape index (κ2) is 7.68. The summed E-state index contributed by atoms with van der Waals surface area (Å²) in [4.78, 5) is 53.1. The van der Waals surface area contributed by atoms with E-state index in [1.54, 1.807) is 36.4 Å². The first kappa shape index (κ1) is 19.5. The van der Waals surface area contributed by atoms with Gasteiger partial charge in [0, 0.05) is 43.7 Å². The number of urea groups is 1. The predicted molar refractivity (Wildman–Crippen MR) is 114 cm³/mol. The number of nitrogens with one attached hydrogen (secondary N) is 1. The van der Waals surface area contributed by atoms with Crippen LogP contribution in [0.3, 0.4) is 0 Å². The van der Waals surface area contributed by atoms with E-state index in [4.69, 9.17) is 0 Å². The molecule has 1 aromatic heterocycles. The largest absolute Gasteiger partial charge is 0.342 e. The molecule has 0 spiro atoms. The van der Waals surface area contributed by atoms with E-state index < -0.39 is 12.1 Å². The van der Waals surface area contributed by atoms with Gasteiger partial charge >= 0.3 is 6.03 Å². The van der Waals surface area contributed by atoms with Crippen LogP contribution in [-0.4, -0.2) is 46.4 Å². The number of amides is 4. The van der Waals surface area contributed by atoms with Crippen molar-refractivity contribution in [2.75, 3.05) is 18.0 Å².